The highest BCUT2D eigenvalue weighted by atomic mass is 32.1. The van der Waals surface area contributed by atoms with Crippen LogP contribution in [0.2, 0.25) is 0 Å². The molecule has 1 saturated heterocycles. The quantitative estimate of drug-likeness (QED) is 0.103. The van der Waals surface area contributed by atoms with Crippen molar-refractivity contribution in [3.8, 4) is 17.2 Å². The number of nitrogens with zero attached hydrogens (tertiary/aromatic N) is 2. The fourth-order valence-electron chi connectivity index (χ4n) is 4.96. The maximum absolute atomic E-state index is 13.7. The highest BCUT2D eigenvalue weighted by molar-refractivity contribution is 7.17. The van der Waals surface area contributed by atoms with Gasteiger partial charge in [-0.25, -0.2) is 9.78 Å². The first-order chi connectivity index (χ1) is 21.1. The lowest BCUT2D eigenvalue weighted by atomic mass is 9.93. The molecule has 11 heteroatoms. The number of ether oxygens (including phenoxy) is 3. The summed E-state index contributed by atoms with van der Waals surface area (Å²) in [5, 5.41) is 22.1. The molecular weight excluding hydrogens is 584 g/mol. The smallest absolute Gasteiger partial charge is 0.350 e. The summed E-state index contributed by atoms with van der Waals surface area (Å²) in [6.07, 6.45) is 0. The van der Waals surface area contributed by atoms with Gasteiger partial charge in [0.05, 0.1) is 31.0 Å². The first-order valence-corrected chi connectivity index (χ1v) is 14.6. The lowest BCUT2D eigenvalue weighted by Gasteiger charge is -2.24. The molecule has 1 aromatic heterocycles. The molecule has 1 aliphatic rings. The molecule has 0 spiro atoms. The Morgan fingerprint density at radius 1 is 1.02 bits per heavy atom. The van der Waals surface area contributed by atoms with Crippen molar-refractivity contribution < 1.29 is 38.8 Å². The van der Waals surface area contributed by atoms with Gasteiger partial charge in [0.15, 0.2) is 16.6 Å². The molecule has 0 saturated carbocycles. The third-order valence-corrected chi connectivity index (χ3v) is 8.24. The van der Waals surface area contributed by atoms with Crippen molar-refractivity contribution in [2.24, 2.45) is 0 Å². The number of Topliss-reactive ketones (excluding diaryl/α,β-unsaturated/α-hetero) is 1. The van der Waals surface area contributed by atoms with E-state index in [1.54, 1.807) is 39.0 Å². The number of hydrogen-bond acceptors (Lipinski definition) is 10. The minimum Gasteiger partial charge on any atom is -0.507 e. The number of amides is 1. The molecule has 10 nitrogen and oxygen atoms in total. The van der Waals surface area contributed by atoms with Crippen LogP contribution in [0.4, 0.5) is 5.13 Å². The van der Waals surface area contributed by atoms with E-state index in [0.717, 1.165) is 21.8 Å². The van der Waals surface area contributed by atoms with Crippen LogP contribution in [-0.2, 0) is 20.9 Å². The molecule has 0 unspecified atom stereocenters. The summed E-state index contributed by atoms with van der Waals surface area (Å²) in [5.41, 5.74) is 2.44. The number of anilines is 1. The molecule has 44 heavy (non-hydrogen) atoms. The van der Waals surface area contributed by atoms with Crippen LogP contribution in [0.1, 0.15) is 50.6 Å². The van der Waals surface area contributed by atoms with Gasteiger partial charge in [-0.05, 0) is 67.8 Å². The number of thiazole rings is 1. The number of ketones is 1. The molecule has 1 fully saturated rings. The highest BCUT2D eigenvalue weighted by Crippen LogP contribution is 2.45. The number of hydrogen-bond donors (Lipinski definition) is 2. The van der Waals surface area contributed by atoms with E-state index in [1.165, 1.54) is 25.3 Å². The van der Waals surface area contributed by atoms with Crippen molar-refractivity contribution >= 4 is 39.9 Å². The fourth-order valence-corrected chi connectivity index (χ4v) is 5.97. The largest absolute Gasteiger partial charge is 0.507 e. The number of methoxy groups -OCH3 is 1. The number of phenols is 1. The highest BCUT2D eigenvalue weighted by Gasteiger charge is 2.48. The van der Waals surface area contributed by atoms with Crippen LogP contribution in [0.3, 0.4) is 0 Å². The summed E-state index contributed by atoms with van der Waals surface area (Å²) in [4.78, 5) is 45.3. The summed E-state index contributed by atoms with van der Waals surface area (Å²) in [5.74, 6) is -2.33. The van der Waals surface area contributed by atoms with Gasteiger partial charge in [-0.2, -0.15) is 0 Å². The summed E-state index contributed by atoms with van der Waals surface area (Å²) in [6, 6.07) is 18.0. The molecular formula is C33H30N2O8S. The number of aromatic nitrogens is 1. The Kier molecular flexibility index (Phi) is 8.68. The molecule has 5 rings (SSSR count). The number of carbonyl (C=O) groups excluding carboxylic acids is 3. The zero-order valence-electron chi connectivity index (χ0n) is 24.5. The van der Waals surface area contributed by atoms with Gasteiger partial charge in [0, 0.05) is 5.56 Å². The number of aliphatic hydroxyl groups excluding tert-OH is 1. The van der Waals surface area contributed by atoms with Crippen molar-refractivity contribution in [3.05, 3.63) is 105 Å². The van der Waals surface area contributed by atoms with Gasteiger partial charge in [-0.15, -0.1) is 0 Å². The van der Waals surface area contributed by atoms with Crippen molar-refractivity contribution in [3.63, 3.8) is 0 Å². The molecule has 4 aromatic rings. The summed E-state index contributed by atoms with van der Waals surface area (Å²) >= 11 is 0.895. The average Bonchev–Trinajstić information content (AvgIpc) is 3.53. The number of rotatable bonds is 9. The first-order valence-electron chi connectivity index (χ1n) is 13.7. The van der Waals surface area contributed by atoms with Gasteiger partial charge >= 0.3 is 11.9 Å². The molecule has 1 aliphatic heterocycles. The molecule has 1 atom stereocenters. The number of esters is 1. The zero-order valence-corrected chi connectivity index (χ0v) is 25.3. The lowest BCUT2D eigenvalue weighted by Crippen LogP contribution is -2.29. The summed E-state index contributed by atoms with van der Waals surface area (Å²) < 4.78 is 16.3. The van der Waals surface area contributed by atoms with Crippen LogP contribution in [0.5, 0.6) is 17.2 Å². The van der Waals surface area contributed by atoms with Crippen molar-refractivity contribution in [2.45, 2.75) is 33.4 Å². The third kappa shape index (κ3) is 5.73. The molecule has 1 amide bonds. The van der Waals surface area contributed by atoms with E-state index in [4.69, 9.17) is 14.2 Å². The molecule has 226 valence electrons. The number of aliphatic hydroxyl groups is 1. The van der Waals surface area contributed by atoms with Crippen molar-refractivity contribution in [1.82, 2.24) is 4.98 Å². The van der Waals surface area contributed by atoms with E-state index in [0.29, 0.717) is 34.7 Å². The second kappa shape index (κ2) is 12.6. The number of aryl methyl sites for hydroxylation is 2. The SMILES string of the molecule is CCOc1cc([C@H]2/C(=C(\O)c3ccc(OCc4ccccc4)cc3C)C(=O)C(=O)N2c2nc(C)c(C(=O)OC)s2)ccc1O. The minimum atomic E-state index is -1.15. The van der Waals surface area contributed by atoms with Crippen molar-refractivity contribution in [2.75, 3.05) is 18.6 Å². The fraction of sp³-hybridized carbons (Fsp3) is 0.212. The van der Waals surface area contributed by atoms with E-state index >= 15 is 0 Å². The lowest BCUT2D eigenvalue weighted by molar-refractivity contribution is -0.132. The Balaban J connectivity index is 1.61. The van der Waals surface area contributed by atoms with Crippen LogP contribution >= 0.6 is 11.3 Å². The van der Waals surface area contributed by atoms with Gasteiger partial charge < -0.3 is 24.4 Å². The number of benzene rings is 3. The number of phenolic OH excluding ortho intramolecular Hbond substituents is 1. The minimum absolute atomic E-state index is 0.0708. The maximum atomic E-state index is 13.7. The molecule has 3 aromatic carbocycles. The standard InChI is InChI=1S/C33H30N2O8S/c1-5-42-25-16-21(11-14-24(25)36)27-26(29(38)31(39)35(27)33-34-19(3)30(44-33)32(40)41-4)28(37)23-13-12-22(15-18(23)2)43-17-20-9-7-6-8-10-20/h6-16,27,36-37H,5,17H2,1-4H3/b28-26+/t27-/m0/s1. The topological polar surface area (TPSA) is 135 Å². The van der Waals surface area contributed by atoms with Crippen LogP contribution in [0.15, 0.2) is 72.3 Å². The Bertz CT molecular complexity index is 1780. The van der Waals surface area contributed by atoms with E-state index in [-0.39, 0.29) is 33.7 Å². The van der Waals surface area contributed by atoms with Gasteiger partial charge in [0.2, 0.25) is 0 Å². The second-order valence-electron chi connectivity index (χ2n) is 9.98. The number of aromatic hydroxyl groups is 1. The predicted molar refractivity (Wildman–Crippen MR) is 164 cm³/mol. The predicted octanol–water partition coefficient (Wildman–Crippen LogP) is 5.86. The first kappa shape index (κ1) is 30.3. The van der Waals surface area contributed by atoms with Gasteiger partial charge in [0.1, 0.15) is 23.0 Å². The van der Waals surface area contributed by atoms with Crippen molar-refractivity contribution in [1.29, 1.82) is 0 Å². The molecule has 0 radical (unpaired) electrons. The maximum Gasteiger partial charge on any atom is 0.350 e. The Labute approximate surface area is 257 Å². The van der Waals surface area contributed by atoms with Crippen LogP contribution in [-0.4, -0.2) is 46.6 Å². The van der Waals surface area contributed by atoms with Crippen LogP contribution < -0.4 is 14.4 Å². The third-order valence-electron chi connectivity index (χ3n) is 7.11. The Morgan fingerprint density at radius 2 is 1.77 bits per heavy atom. The molecule has 2 N–H and O–H groups in total. The Hall–Kier alpha value is -5.16. The monoisotopic (exact) mass is 614 g/mol. The second-order valence-corrected chi connectivity index (χ2v) is 11.0. The summed E-state index contributed by atoms with van der Waals surface area (Å²) in [6.45, 7) is 5.71. The van der Waals surface area contributed by atoms with E-state index in [1.807, 2.05) is 30.3 Å². The van der Waals surface area contributed by atoms with Gasteiger partial charge in [-0.3, -0.25) is 14.5 Å². The molecule has 0 aliphatic carbocycles. The van der Waals surface area contributed by atoms with Gasteiger partial charge in [0.25, 0.3) is 5.78 Å². The van der Waals surface area contributed by atoms with E-state index < -0.39 is 29.5 Å². The zero-order chi connectivity index (χ0) is 31.5. The summed E-state index contributed by atoms with van der Waals surface area (Å²) in [7, 11) is 1.24. The van der Waals surface area contributed by atoms with Gasteiger partial charge in [-0.1, -0.05) is 47.7 Å². The van der Waals surface area contributed by atoms with E-state index in [9.17, 15) is 24.6 Å². The molecule has 0 bridgehead atoms. The van der Waals surface area contributed by atoms with Crippen LogP contribution in [0.25, 0.3) is 5.76 Å². The van der Waals surface area contributed by atoms with E-state index in [2.05, 4.69) is 4.98 Å². The normalized spacial score (nSPS) is 15.8. The molecule has 2 heterocycles. The number of carbonyl (C=O) groups is 3. The Morgan fingerprint density at radius 3 is 2.45 bits per heavy atom. The van der Waals surface area contributed by atoms with Crippen LogP contribution in [0, 0.1) is 13.8 Å². The average molecular weight is 615 g/mol.